The first-order valence-electron chi connectivity index (χ1n) is 6.44. The first-order valence-corrected chi connectivity index (χ1v) is 7.26. The lowest BCUT2D eigenvalue weighted by Gasteiger charge is -2.51. The van der Waals surface area contributed by atoms with Crippen molar-refractivity contribution >= 4 is 11.3 Å². The fraction of sp³-hybridized carbons (Fsp3) is 0.714. The summed E-state index contributed by atoms with van der Waals surface area (Å²) in [6, 6.07) is 5.00. The Kier molecular flexibility index (Phi) is 3.91. The molecule has 1 saturated carbocycles. The highest BCUT2D eigenvalue weighted by Gasteiger charge is 2.48. The van der Waals surface area contributed by atoms with E-state index in [1.54, 1.807) is 0 Å². The van der Waals surface area contributed by atoms with Crippen LogP contribution >= 0.6 is 11.3 Å². The molecule has 2 atom stereocenters. The molecule has 1 aliphatic rings. The Morgan fingerprint density at radius 1 is 1.47 bits per heavy atom. The molecule has 1 heterocycles. The molecule has 2 rings (SSSR count). The van der Waals surface area contributed by atoms with E-state index < -0.39 is 0 Å². The molecule has 17 heavy (non-hydrogen) atoms. The summed E-state index contributed by atoms with van der Waals surface area (Å²) in [5.41, 5.74) is 0.266. The van der Waals surface area contributed by atoms with Crippen molar-refractivity contribution in [3.8, 4) is 0 Å². The summed E-state index contributed by atoms with van der Waals surface area (Å²) in [4.78, 5) is 2.82. The van der Waals surface area contributed by atoms with Crippen LogP contribution in [-0.4, -0.2) is 18.8 Å². The van der Waals surface area contributed by atoms with Gasteiger partial charge in [0.2, 0.25) is 0 Å². The van der Waals surface area contributed by atoms with Crippen molar-refractivity contribution in [2.75, 3.05) is 6.61 Å². The Morgan fingerprint density at radius 3 is 2.76 bits per heavy atom. The molecular formula is C14H23NOS. The van der Waals surface area contributed by atoms with Crippen molar-refractivity contribution in [3.63, 3.8) is 0 Å². The Hall–Kier alpha value is -0.380. The molecule has 1 N–H and O–H groups in total. The maximum absolute atomic E-state index is 5.74. The van der Waals surface area contributed by atoms with E-state index in [4.69, 9.17) is 4.74 Å². The number of ether oxygens (including phenoxy) is 1. The van der Waals surface area contributed by atoms with E-state index in [1.165, 1.54) is 9.75 Å². The quantitative estimate of drug-likeness (QED) is 0.869. The molecule has 0 saturated heterocycles. The van der Waals surface area contributed by atoms with Crippen LogP contribution in [0.3, 0.4) is 0 Å². The fourth-order valence-corrected chi connectivity index (χ4v) is 3.36. The van der Waals surface area contributed by atoms with E-state index in [0.717, 1.165) is 19.6 Å². The molecule has 0 aliphatic heterocycles. The van der Waals surface area contributed by atoms with E-state index in [0.29, 0.717) is 12.1 Å². The second-order valence-electron chi connectivity index (χ2n) is 5.45. The minimum absolute atomic E-state index is 0.266. The van der Waals surface area contributed by atoms with Gasteiger partial charge in [-0.1, -0.05) is 13.8 Å². The summed E-state index contributed by atoms with van der Waals surface area (Å²) in [6.45, 7) is 10.6. The van der Waals surface area contributed by atoms with Crippen molar-refractivity contribution in [1.29, 1.82) is 0 Å². The largest absolute Gasteiger partial charge is 0.378 e. The summed E-state index contributed by atoms with van der Waals surface area (Å²) < 4.78 is 5.74. The number of nitrogens with one attached hydrogen (secondary N) is 1. The molecule has 3 heteroatoms. The second kappa shape index (κ2) is 5.09. The summed E-state index contributed by atoms with van der Waals surface area (Å²) in [5, 5.41) is 3.66. The van der Waals surface area contributed by atoms with Crippen LogP contribution in [0.1, 0.15) is 36.9 Å². The van der Waals surface area contributed by atoms with Gasteiger partial charge in [-0.3, -0.25) is 0 Å². The van der Waals surface area contributed by atoms with Crippen molar-refractivity contribution in [1.82, 2.24) is 5.32 Å². The molecule has 1 aromatic rings. The van der Waals surface area contributed by atoms with Crippen LogP contribution in [-0.2, 0) is 11.3 Å². The third-order valence-electron chi connectivity index (χ3n) is 3.86. The van der Waals surface area contributed by atoms with Crippen molar-refractivity contribution in [2.24, 2.45) is 5.41 Å². The van der Waals surface area contributed by atoms with Gasteiger partial charge in [-0.2, -0.15) is 0 Å². The van der Waals surface area contributed by atoms with Gasteiger partial charge in [-0.15, -0.1) is 11.3 Å². The predicted octanol–water partition coefficient (Wildman–Crippen LogP) is 3.35. The van der Waals surface area contributed by atoms with Crippen molar-refractivity contribution < 1.29 is 4.74 Å². The molecule has 0 bridgehead atoms. The molecule has 2 nitrogen and oxygen atoms in total. The van der Waals surface area contributed by atoms with Gasteiger partial charge in [-0.05, 0) is 32.4 Å². The monoisotopic (exact) mass is 253 g/mol. The zero-order valence-electron chi connectivity index (χ0n) is 11.2. The lowest BCUT2D eigenvalue weighted by molar-refractivity contribution is -0.114. The Labute approximate surface area is 108 Å². The molecule has 0 amide bonds. The van der Waals surface area contributed by atoms with E-state index in [9.17, 15) is 0 Å². The van der Waals surface area contributed by atoms with Crippen LogP contribution in [0.15, 0.2) is 12.1 Å². The van der Waals surface area contributed by atoms with E-state index in [1.807, 2.05) is 11.3 Å². The highest BCUT2D eigenvalue weighted by molar-refractivity contribution is 7.11. The van der Waals surface area contributed by atoms with Crippen LogP contribution in [0.5, 0.6) is 0 Å². The van der Waals surface area contributed by atoms with Gasteiger partial charge >= 0.3 is 0 Å². The van der Waals surface area contributed by atoms with E-state index in [-0.39, 0.29) is 5.41 Å². The number of aryl methyl sites for hydroxylation is 1. The van der Waals surface area contributed by atoms with Gasteiger partial charge in [0, 0.05) is 34.4 Å². The predicted molar refractivity (Wildman–Crippen MR) is 73.5 cm³/mol. The third kappa shape index (κ3) is 2.72. The highest BCUT2D eigenvalue weighted by Crippen LogP contribution is 2.42. The maximum Gasteiger partial charge on any atom is 0.0655 e. The number of thiophene rings is 1. The van der Waals surface area contributed by atoms with E-state index in [2.05, 4.69) is 45.1 Å². The Morgan fingerprint density at radius 2 is 2.24 bits per heavy atom. The lowest BCUT2D eigenvalue weighted by Crippen LogP contribution is -2.60. The molecule has 0 spiro atoms. The van der Waals surface area contributed by atoms with Gasteiger partial charge in [0.1, 0.15) is 0 Å². The molecule has 1 fully saturated rings. The van der Waals surface area contributed by atoms with Crippen LogP contribution in [0.4, 0.5) is 0 Å². The smallest absolute Gasteiger partial charge is 0.0655 e. The van der Waals surface area contributed by atoms with E-state index >= 15 is 0 Å². The first-order chi connectivity index (χ1) is 8.04. The van der Waals surface area contributed by atoms with Crippen LogP contribution < -0.4 is 5.32 Å². The minimum Gasteiger partial charge on any atom is -0.378 e. The third-order valence-corrected chi connectivity index (χ3v) is 4.86. The molecule has 0 radical (unpaired) electrons. The maximum atomic E-state index is 5.74. The molecular weight excluding hydrogens is 230 g/mol. The van der Waals surface area contributed by atoms with Gasteiger partial charge in [0.25, 0.3) is 0 Å². The Bertz CT molecular complexity index is 372. The van der Waals surface area contributed by atoms with Crippen molar-refractivity contribution in [2.45, 2.75) is 52.8 Å². The topological polar surface area (TPSA) is 21.3 Å². The van der Waals surface area contributed by atoms with Gasteiger partial charge in [0.05, 0.1) is 6.10 Å². The molecule has 0 aromatic carbocycles. The Balaban J connectivity index is 1.82. The first kappa shape index (κ1) is 13.1. The summed E-state index contributed by atoms with van der Waals surface area (Å²) in [6.07, 6.45) is 1.57. The molecule has 1 aromatic heterocycles. The normalized spacial score (nSPS) is 26.8. The minimum atomic E-state index is 0.266. The standard InChI is InChI=1S/C14H23NOS/c1-5-16-13-8-12(14(13,3)4)15-9-11-7-6-10(2)17-11/h6-7,12-13,15H,5,8-9H2,1-4H3. The summed E-state index contributed by atoms with van der Waals surface area (Å²) in [7, 11) is 0. The molecule has 2 unspecified atom stereocenters. The van der Waals surface area contributed by atoms with Crippen LogP contribution in [0, 0.1) is 12.3 Å². The van der Waals surface area contributed by atoms with Gasteiger partial charge in [-0.25, -0.2) is 0 Å². The second-order valence-corrected chi connectivity index (χ2v) is 6.82. The van der Waals surface area contributed by atoms with Crippen LogP contribution in [0.25, 0.3) is 0 Å². The summed E-state index contributed by atoms with van der Waals surface area (Å²) >= 11 is 1.88. The number of hydrogen-bond acceptors (Lipinski definition) is 3. The average molecular weight is 253 g/mol. The van der Waals surface area contributed by atoms with Crippen molar-refractivity contribution in [3.05, 3.63) is 21.9 Å². The average Bonchev–Trinajstić information content (AvgIpc) is 2.68. The number of rotatable bonds is 5. The SMILES string of the molecule is CCOC1CC(NCc2ccc(C)s2)C1(C)C. The molecule has 96 valence electrons. The zero-order chi connectivity index (χ0) is 12.5. The lowest BCUT2D eigenvalue weighted by atomic mass is 9.64. The van der Waals surface area contributed by atoms with Gasteiger partial charge < -0.3 is 10.1 Å². The fourth-order valence-electron chi connectivity index (χ4n) is 2.52. The highest BCUT2D eigenvalue weighted by atomic mass is 32.1. The molecule has 1 aliphatic carbocycles. The number of hydrogen-bond donors (Lipinski definition) is 1. The van der Waals surface area contributed by atoms with Gasteiger partial charge in [0.15, 0.2) is 0 Å². The van der Waals surface area contributed by atoms with Crippen LogP contribution in [0.2, 0.25) is 0 Å². The zero-order valence-corrected chi connectivity index (χ0v) is 12.1. The summed E-state index contributed by atoms with van der Waals surface area (Å²) in [5.74, 6) is 0.